The van der Waals surface area contributed by atoms with Gasteiger partial charge in [0.2, 0.25) is 0 Å². The number of rotatable bonds is 2. The molecule has 2 amide bonds. The Morgan fingerprint density at radius 2 is 1.80 bits per heavy atom. The number of nitrogens with zero attached hydrogens (tertiary/aromatic N) is 2. The summed E-state index contributed by atoms with van der Waals surface area (Å²) in [7, 11) is 0. The number of carboxylic acid groups (broad SMARTS) is 1. The molecule has 2 heterocycles. The number of hydrogen-bond donors (Lipinski definition) is 1. The molecule has 0 bridgehead atoms. The van der Waals surface area contributed by atoms with Crippen LogP contribution in [0.15, 0.2) is 0 Å². The Morgan fingerprint density at radius 1 is 1.15 bits per heavy atom. The highest BCUT2D eigenvalue weighted by Gasteiger charge is 2.41. The van der Waals surface area contributed by atoms with Crippen LogP contribution in [-0.4, -0.2) is 52.6 Å². The number of piperidine rings is 1. The van der Waals surface area contributed by atoms with E-state index in [0.717, 1.165) is 38.8 Å². The molecule has 2 aliphatic rings. The number of amides is 2. The van der Waals surface area contributed by atoms with Crippen LogP contribution >= 0.6 is 0 Å². The number of carbonyl (C=O) groups excluding carboxylic acids is 1. The van der Waals surface area contributed by atoms with Gasteiger partial charge in [-0.2, -0.15) is 0 Å². The van der Waals surface area contributed by atoms with Crippen molar-refractivity contribution in [3.8, 4) is 0 Å². The van der Waals surface area contributed by atoms with E-state index in [1.54, 1.807) is 13.8 Å². The lowest BCUT2D eigenvalue weighted by molar-refractivity contribution is -0.151. The summed E-state index contributed by atoms with van der Waals surface area (Å²) in [5.41, 5.74) is -0.768. The van der Waals surface area contributed by atoms with E-state index in [1.165, 1.54) is 0 Å². The predicted molar refractivity (Wildman–Crippen MR) is 76.5 cm³/mol. The van der Waals surface area contributed by atoms with Crippen molar-refractivity contribution in [2.24, 2.45) is 11.3 Å². The molecule has 5 nitrogen and oxygen atoms in total. The van der Waals surface area contributed by atoms with Crippen molar-refractivity contribution in [1.82, 2.24) is 9.80 Å². The van der Waals surface area contributed by atoms with Gasteiger partial charge >= 0.3 is 12.0 Å². The molecule has 2 fully saturated rings. The van der Waals surface area contributed by atoms with E-state index in [-0.39, 0.29) is 11.9 Å². The maximum absolute atomic E-state index is 12.6. The Balaban J connectivity index is 2.03. The van der Waals surface area contributed by atoms with Crippen molar-refractivity contribution in [3.05, 3.63) is 0 Å². The van der Waals surface area contributed by atoms with Crippen LogP contribution in [0, 0.1) is 11.3 Å². The zero-order valence-corrected chi connectivity index (χ0v) is 12.8. The number of carbonyl (C=O) groups is 2. The summed E-state index contributed by atoms with van der Waals surface area (Å²) in [4.78, 5) is 27.8. The number of urea groups is 1. The fourth-order valence-corrected chi connectivity index (χ4v) is 3.31. The van der Waals surface area contributed by atoms with E-state index in [2.05, 4.69) is 6.92 Å². The second kappa shape index (κ2) is 5.62. The van der Waals surface area contributed by atoms with Gasteiger partial charge in [0, 0.05) is 25.7 Å². The van der Waals surface area contributed by atoms with E-state index >= 15 is 0 Å². The Bertz CT molecular complexity index is 395. The second-order valence-corrected chi connectivity index (χ2v) is 6.78. The summed E-state index contributed by atoms with van der Waals surface area (Å²) in [6.07, 6.45) is 3.93. The zero-order chi connectivity index (χ0) is 14.9. The third-order valence-corrected chi connectivity index (χ3v) is 5.06. The molecule has 20 heavy (non-hydrogen) atoms. The first-order chi connectivity index (χ1) is 9.34. The van der Waals surface area contributed by atoms with Gasteiger partial charge < -0.3 is 14.9 Å². The topological polar surface area (TPSA) is 60.9 Å². The van der Waals surface area contributed by atoms with Gasteiger partial charge in [0.05, 0.1) is 5.41 Å². The minimum absolute atomic E-state index is 0.0376. The maximum Gasteiger partial charge on any atom is 0.320 e. The van der Waals surface area contributed by atoms with Crippen LogP contribution in [-0.2, 0) is 4.79 Å². The average molecular weight is 282 g/mol. The average Bonchev–Trinajstić information content (AvgIpc) is 2.84. The van der Waals surface area contributed by atoms with Crippen molar-refractivity contribution >= 4 is 12.0 Å². The summed E-state index contributed by atoms with van der Waals surface area (Å²) >= 11 is 0. The number of likely N-dealkylation sites (tertiary alicyclic amines) is 2. The van der Waals surface area contributed by atoms with Crippen LogP contribution in [0.5, 0.6) is 0 Å². The van der Waals surface area contributed by atoms with Crippen molar-refractivity contribution in [3.63, 3.8) is 0 Å². The molecule has 2 unspecified atom stereocenters. The minimum atomic E-state index is -0.772. The van der Waals surface area contributed by atoms with E-state index < -0.39 is 11.4 Å². The van der Waals surface area contributed by atoms with Gasteiger partial charge in [-0.05, 0) is 52.4 Å². The van der Waals surface area contributed by atoms with Crippen LogP contribution in [0.1, 0.15) is 46.5 Å². The van der Waals surface area contributed by atoms with Crippen LogP contribution in [0.25, 0.3) is 0 Å². The van der Waals surface area contributed by atoms with Crippen molar-refractivity contribution in [2.45, 2.75) is 52.5 Å². The number of carboxylic acids is 1. The molecule has 2 saturated heterocycles. The molecule has 0 aromatic rings. The maximum atomic E-state index is 12.6. The van der Waals surface area contributed by atoms with E-state index in [9.17, 15) is 14.7 Å². The normalized spacial score (nSPS) is 27.8. The first-order valence-electron chi connectivity index (χ1n) is 7.63. The van der Waals surface area contributed by atoms with Gasteiger partial charge in [-0.1, -0.05) is 0 Å². The second-order valence-electron chi connectivity index (χ2n) is 6.78. The molecule has 2 rings (SSSR count). The molecule has 2 aliphatic heterocycles. The van der Waals surface area contributed by atoms with Gasteiger partial charge in [0.15, 0.2) is 0 Å². The monoisotopic (exact) mass is 282 g/mol. The highest BCUT2D eigenvalue weighted by molar-refractivity contribution is 5.76. The minimum Gasteiger partial charge on any atom is -0.481 e. The fourth-order valence-electron chi connectivity index (χ4n) is 3.31. The highest BCUT2D eigenvalue weighted by Crippen LogP contribution is 2.34. The molecule has 0 aromatic heterocycles. The third kappa shape index (κ3) is 2.76. The smallest absolute Gasteiger partial charge is 0.320 e. The number of aliphatic carboxylic acids is 1. The predicted octanol–water partition coefficient (Wildman–Crippen LogP) is 2.41. The number of hydrogen-bond acceptors (Lipinski definition) is 2. The molecule has 0 radical (unpaired) electrons. The summed E-state index contributed by atoms with van der Waals surface area (Å²) in [6, 6.07) is 0.413. The molecule has 5 heteroatoms. The Morgan fingerprint density at radius 3 is 2.35 bits per heavy atom. The molecule has 0 saturated carbocycles. The lowest BCUT2D eigenvalue weighted by Crippen LogP contribution is -2.51. The van der Waals surface area contributed by atoms with Crippen LogP contribution in [0.4, 0.5) is 4.79 Å². The standard InChI is InChI=1S/C15H26N2O3/c1-11-6-4-9-17(11)14(20)16-8-5-7-12(10-16)15(2,3)13(18)19/h11-12H,4-10H2,1-3H3,(H,18,19). The van der Waals surface area contributed by atoms with Crippen molar-refractivity contribution in [1.29, 1.82) is 0 Å². The van der Waals surface area contributed by atoms with E-state index in [4.69, 9.17) is 0 Å². The molecule has 2 atom stereocenters. The van der Waals surface area contributed by atoms with Crippen LogP contribution < -0.4 is 0 Å². The van der Waals surface area contributed by atoms with Crippen molar-refractivity contribution in [2.75, 3.05) is 19.6 Å². The first kappa shape index (κ1) is 15.1. The summed E-state index contributed by atoms with van der Waals surface area (Å²) in [5, 5.41) is 9.36. The molecular formula is C15H26N2O3. The summed E-state index contributed by atoms with van der Waals surface area (Å²) < 4.78 is 0. The third-order valence-electron chi connectivity index (χ3n) is 5.06. The molecule has 1 N–H and O–H groups in total. The zero-order valence-electron chi connectivity index (χ0n) is 12.8. The van der Waals surface area contributed by atoms with Gasteiger partial charge in [-0.3, -0.25) is 4.79 Å². The quantitative estimate of drug-likeness (QED) is 0.846. The van der Waals surface area contributed by atoms with Gasteiger partial charge in [-0.15, -0.1) is 0 Å². The molecule has 114 valence electrons. The molecular weight excluding hydrogens is 256 g/mol. The fraction of sp³-hybridized carbons (Fsp3) is 0.867. The van der Waals surface area contributed by atoms with Gasteiger partial charge in [0.25, 0.3) is 0 Å². The Labute approximate surface area is 120 Å². The molecule has 0 aromatic carbocycles. The molecule has 0 aliphatic carbocycles. The first-order valence-corrected chi connectivity index (χ1v) is 7.63. The van der Waals surface area contributed by atoms with Crippen LogP contribution in [0.2, 0.25) is 0 Å². The van der Waals surface area contributed by atoms with Crippen molar-refractivity contribution < 1.29 is 14.7 Å². The molecule has 0 spiro atoms. The Kier molecular flexibility index (Phi) is 4.25. The van der Waals surface area contributed by atoms with E-state index in [1.807, 2.05) is 9.80 Å². The summed E-state index contributed by atoms with van der Waals surface area (Å²) in [6.45, 7) is 7.80. The Hall–Kier alpha value is -1.26. The lowest BCUT2D eigenvalue weighted by Gasteiger charge is -2.41. The van der Waals surface area contributed by atoms with Gasteiger partial charge in [-0.25, -0.2) is 4.79 Å². The van der Waals surface area contributed by atoms with Gasteiger partial charge in [0.1, 0.15) is 0 Å². The van der Waals surface area contributed by atoms with E-state index in [0.29, 0.717) is 12.6 Å². The van der Waals surface area contributed by atoms with Crippen LogP contribution in [0.3, 0.4) is 0 Å². The lowest BCUT2D eigenvalue weighted by atomic mass is 9.74. The highest BCUT2D eigenvalue weighted by atomic mass is 16.4. The summed E-state index contributed by atoms with van der Waals surface area (Å²) in [5.74, 6) is -0.734. The largest absolute Gasteiger partial charge is 0.481 e. The SMILES string of the molecule is CC1CCCN1C(=O)N1CCCC(C(C)(C)C(=O)O)C1.